The molecule has 0 aliphatic rings. The minimum Gasteiger partial charge on any atom is -0.309 e. The van der Waals surface area contributed by atoms with Crippen molar-refractivity contribution in [2.24, 2.45) is 0 Å². The lowest BCUT2D eigenvalue weighted by Gasteiger charge is -2.23. The minimum absolute atomic E-state index is 1.23. The Balaban J connectivity index is 3.60. The maximum absolute atomic E-state index is 2.78. The van der Waals surface area contributed by atoms with Crippen molar-refractivity contribution in [2.45, 2.75) is 174 Å². The van der Waals surface area contributed by atoms with Gasteiger partial charge in [0.25, 0.3) is 0 Å². The molecule has 0 unspecified atom stereocenters. The van der Waals surface area contributed by atoms with Gasteiger partial charge in [0.1, 0.15) is 0 Å². The molecule has 0 saturated heterocycles. The van der Waals surface area contributed by atoms with Gasteiger partial charge in [0.2, 0.25) is 0 Å². The molecule has 2 heteroatoms. The van der Waals surface area contributed by atoms with E-state index in [0.29, 0.717) is 0 Å². The summed E-state index contributed by atoms with van der Waals surface area (Å²) in [6, 6.07) is 0. The Kier molecular flexibility index (Phi) is 30.1. The van der Waals surface area contributed by atoms with E-state index in [1.165, 1.54) is 187 Å². The van der Waals surface area contributed by atoms with Crippen molar-refractivity contribution in [3.63, 3.8) is 0 Å². The van der Waals surface area contributed by atoms with Gasteiger partial charge >= 0.3 is 0 Å². The van der Waals surface area contributed by atoms with E-state index in [9.17, 15) is 0 Å². The highest BCUT2D eigenvalue weighted by Gasteiger charge is 2.05. The Morgan fingerprint density at radius 2 is 0.543 bits per heavy atom. The molecule has 0 radical (unpaired) electrons. The Hall–Kier alpha value is -0.0800. The van der Waals surface area contributed by atoms with E-state index in [2.05, 4.69) is 37.7 Å². The summed E-state index contributed by atoms with van der Waals surface area (Å²) in [7, 11) is 4.41. The van der Waals surface area contributed by atoms with Crippen LogP contribution in [0.2, 0.25) is 0 Å². The number of rotatable bonds is 30. The Morgan fingerprint density at radius 3 is 0.829 bits per heavy atom. The van der Waals surface area contributed by atoms with Gasteiger partial charge in [-0.2, -0.15) is 0 Å². The zero-order valence-electron chi connectivity index (χ0n) is 25.4. The van der Waals surface area contributed by atoms with Gasteiger partial charge in [-0.3, -0.25) is 0 Å². The van der Waals surface area contributed by atoms with E-state index in [4.69, 9.17) is 0 Å². The van der Waals surface area contributed by atoms with Crippen LogP contribution in [0.4, 0.5) is 0 Å². The van der Waals surface area contributed by atoms with Crippen LogP contribution in [0.3, 0.4) is 0 Å². The Bertz CT molecular complexity index is 368. The summed E-state index contributed by atoms with van der Waals surface area (Å²) in [4.78, 5) is 5.12. The number of unbranched alkanes of at least 4 members (excludes halogenated alkanes) is 22. The first-order valence-electron chi connectivity index (χ1n) is 16.6. The summed E-state index contributed by atoms with van der Waals surface area (Å²) >= 11 is 0. The predicted molar refractivity (Wildman–Crippen MR) is 162 cm³/mol. The fraction of sp³-hybridized carbons (Fsp3) is 1.00. The molecule has 0 aliphatic carbocycles. The summed E-state index contributed by atoms with van der Waals surface area (Å²) in [6.07, 6.45) is 36.2. The molecule has 0 amide bonds. The summed E-state index contributed by atoms with van der Waals surface area (Å²) in [5.74, 6) is 0. The molecule has 0 aliphatic heterocycles. The average Bonchev–Trinajstić information content (AvgIpc) is 2.84. The second kappa shape index (κ2) is 30.1. The molecule has 0 saturated carbocycles. The molecular formula is C33H70N2. The summed E-state index contributed by atoms with van der Waals surface area (Å²) in [6.45, 7) is 9.81. The standard InChI is InChI=1S/C33H70N2/c1-5-7-9-11-13-15-16-17-18-19-20-21-22-24-26-28-32-35(33-29-30-34(3)4)31-27-25-23-14-12-10-8-6-2/h5-33H2,1-4H3. The molecule has 0 bridgehead atoms. The van der Waals surface area contributed by atoms with Crippen LogP contribution in [0, 0.1) is 0 Å². The molecule has 0 N–H and O–H groups in total. The van der Waals surface area contributed by atoms with E-state index in [1.807, 2.05) is 0 Å². The van der Waals surface area contributed by atoms with Crippen molar-refractivity contribution in [1.29, 1.82) is 0 Å². The monoisotopic (exact) mass is 495 g/mol. The normalized spacial score (nSPS) is 11.8. The summed E-state index contributed by atoms with van der Waals surface area (Å²) in [5.41, 5.74) is 0. The van der Waals surface area contributed by atoms with Gasteiger partial charge in [0.15, 0.2) is 0 Å². The van der Waals surface area contributed by atoms with E-state index in [0.717, 1.165) is 0 Å². The van der Waals surface area contributed by atoms with Crippen LogP contribution in [-0.4, -0.2) is 50.1 Å². The van der Waals surface area contributed by atoms with Crippen LogP contribution in [0.15, 0.2) is 0 Å². The van der Waals surface area contributed by atoms with Gasteiger partial charge in [-0.25, -0.2) is 0 Å². The molecular weight excluding hydrogens is 424 g/mol. The van der Waals surface area contributed by atoms with Crippen LogP contribution in [0.5, 0.6) is 0 Å². The molecule has 0 aromatic carbocycles. The molecule has 0 heterocycles. The molecule has 0 aromatic heterocycles. The number of hydrogen-bond donors (Lipinski definition) is 0. The van der Waals surface area contributed by atoms with Crippen LogP contribution in [-0.2, 0) is 0 Å². The molecule has 2 nitrogen and oxygen atoms in total. The highest BCUT2D eigenvalue weighted by molar-refractivity contribution is 4.61. The van der Waals surface area contributed by atoms with Crippen LogP contribution >= 0.6 is 0 Å². The lowest BCUT2D eigenvalue weighted by Crippen LogP contribution is -2.29. The average molecular weight is 495 g/mol. The summed E-state index contributed by atoms with van der Waals surface area (Å²) < 4.78 is 0. The first-order chi connectivity index (χ1) is 17.2. The smallest absolute Gasteiger partial charge is 0.000655 e. The fourth-order valence-electron chi connectivity index (χ4n) is 5.30. The van der Waals surface area contributed by atoms with Crippen LogP contribution in [0.25, 0.3) is 0 Å². The van der Waals surface area contributed by atoms with E-state index in [1.54, 1.807) is 0 Å². The molecule has 0 aromatic rings. The van der Waals surface area contributed by atoms with Gasteiger partial charge in [-0.05, 0) is 59.5 Å². The van der Waals surface area contributed by atoms with E-state index < -0.39 is 0 Å². The quantitative estimate of drug-likeness (QED) is 0.0916. The maximum Gasteiger partial charge on any atom is -0.000655 e. The zero-order chi connectivity index (χ0) is 25.7. The highest BCUT2D eigenvalue weighted by atomic mass is 15.1. The second-order valence-corrected chi connectivity index (χ2v) is 11.8. The largest absolute Gasteiger partial charge is 0.309 e. The summed E-state index contributed by atoms with van der Waals surface area (Å²) in [5, 5.41) is 0. The molecule has 212 valence electrons. The lowest BCUT2D eigenvalue weighted by atomic mass is 10.0. The molecule has 0 atom stereocenters. The Morgan fingerprint density at radius 1 is 0.286 bits per heavy atom. The van der Waals surface area contributed by atoms with Gasteiger partial charge in [-0.15, -0.1) is 0 Å². The van der Waals surface area contributed by atoms with Crippen molar-refractivity contribution in [1.82, 2.24) is 9.80 Å². The zero-order valence-corrected chi connectivity index (χ0v) is 25.4. The first-order valence-corrected chi connectivity index (χ1v) is 16.6. The molecule has 0 spiro atoms. The maximum atomic E-state index is 2.78. The van der Waals surface area contributed by atoms with Crippen molar-refractivity contribution < 1.29 is 0 Å². The molecule has 0 fully saturated rings. The van der Waals surface area contributed by atoms with Gasteiger partial charge in [0.05, 0.1) is 0 Å². The minimum atomic E-state index is 1.23. The first kappa shape index (κ1) is 34.9. The number of hydrogen-bond acceptors (Lipinski definition) is 2. The van der Waals surface area contributed by atoms with E-state index >= 15 is 0 Å². The Labute approximate surface area is 224 Å². The SMILES string of the molecule is CCCCCCCCCCCCCCCCCCN(CCCCCCCCCC)CCCN(C)C. The van der Waals surface area contributed by atoms with Crippen molar-refractivity contribution in [3.05, 3.63) is 0 Å². The third-order valence-electron chi connectivity index (χ3n) is 7.74. The highest BCUT2D eigenvalue weighted by Crippen LogP contribution is 2.14. The van der Waals surface area contributed by atoms with Gasteiger partial charge in [0, 0.05) is 0 Å². The van der Waals surface area contributed by atoms with Gasteiger partial charge in [-0.1, -0.05) is 155 Å². The fourth-order valence-corrected chi connectivity index (χ4v) is 5.30. The number of nitrogens with zero attached hydrogens (tertiary/aromatic N) is 2. The molecule has 35 heavy (non-hydrogen) atoms. The third kappa shape index (κ3) is 30.0. The van der Waals surface area contributed by atoms with Crippen LogP contribution < -0.4 is 0 Å². The van der Waals surface area contributed by atoms with Crippen molar-refractivity contribution >= 4 is 0 Å². The van der Waals surface area contributed by atoms with Crippen LogP contribution in [0.1, 0.15) is 174 Å². The van der Waals surface area contributed by atoms with E-state index in [-0.39, 0.29) is 0 Å². The predicted octanol–water partition coefficient (Wildman–Crippen LogP) is 10.6. The lowest BCUT2D eigenvalue weighted by molar-refractivity contribution is 0.244. The molecule has 0 rings (SSSR count). The third-order valence-corrected chi connectivity index (χ3v) is 7.74. The van der Waals surface area contributed by atoms with Crippen molar-refractivity contribution in [2.75, 3.05) is 40.3 Å². The van der Waals surface area contributed by atoms with Crippen molar-refractivity contribution in [3.8, 4) is 0 Å². The topological polar surface area (TPSA) is 6.48 Å². The second-order valence-electron chi connectivity index (χ2n) is 11.8. The van der Waals surface area contributed by atoms with Gasteiger partial charge < -0.3 is 9.80 Å².